The van der Waals surface area contributed by atoms with Crippen molar-refractivity contribution in [1.82, 2.24) is 20.4 Å². The van der Waals surface area contributed by atoms with Crippen LogP contribution in [0.3, 0.4) is 0 Å². The standard InChI is InChI=1S/C13H9N5/c14-4-9-2-1-3-12(10-5-15-16-6-10)13(9)11-7-17-18-8-11/h1-3,5-8H,(H,15,16)(H,17,18). The fraction of sp³-hybridized carbons (Fsp3) is 0. The molecule has 0 bridgehead atoms. The number of aromatic amines is 2. The first-order chi connectivity index (χ1) is 8.90. The van der Waals surface area contributed by atoms with Crippen LogP contribution in [0.25, 0.3) is 22.3 Å². The van der Waals surface area contributed by atoms with Gasteiger partial charge in [-0.2, -0.15) is 15.5 Å². The van der Waals surface area contributed by atoms with Gasteiger partial charge in [-0.15, -0.1) is 0 Å². The van der Waals surface area contributed by atoms with Crippen molar-refractivity contribution in [2.24, 2.45) is 0 Å². The predicted octanol–water partition coefficient (Wildman–Crippen LogP) is 2.34. The van der Waals surface area contributed by atoms with Gasteiger partial charge in [0.2, 0.25) is 0 Å². The minimum atomic E-state index is 0.620. The van der Waals surface area contributed by atoms with Crippen molar-refractivity contribution < 1.29 is 0 Å². The van der Waals surface area contributed by atoms with E-state index in [0.29, 0.717) is 5.56 Å². The largest absolute Gasteiger partial charge is 0.285 e. The van der Waals surface area contributed by atoms with Crippen molar-refractivity contribution in [2.45, 2.75) is 0 Å². The number of hydrogen-bond acceptors (Lipinski definition) is 3. The maximum Gasteiger partial charge on any atom is 0.0998 e. The Labute approximate surface area is 103 Å². The number of aromatic nitrogens is 4. The van der Waals surface area contributed by atoms with Crippen LogP contribution in [0.5, 0.6) is 0 Å². The molecule has 0 amide bonds. The minimum Gasteiger partial charge on any atom is -0.285 e. The summed E-state index contributed by atoms with van der Waals surface area (Å²) in [6.45, 7) is 0. The highest BCUT2D eigenvalue weighted by Crippen LogP contribution is 2.33. The third kappa shape index (κ3) is 1.57. The highest BCUT2D eigenvalue weighted by molar-refractivity contribution is 5.86. The first-order valence-corrected chi connectivity index (χ1v) is 5.41. The van der Waals surface area contributed by atoms with E-state index in [9.17, 15) is 5.26 Å². The number of benzene rings is 1. The van der Waals surface area contributed by atoms with Gasteiger partial charge in [-0.3, -0.25) is 10.2 Å². The molecule has 0 spiro atoms. The molecule has 3 aromatic rings. The monoisotopic (exact) mass is 235 g/mol. The Bertz CT molecular complexity index is 690. The zero-order valence-electron chi connectivity index (χ0n) is 9.38. The van der Waals surface area contributed by atoms with Gasteiger partial charge in [0.1, 0.15) is 0 Å². The van der Waals surface area contributed by atoms with E-state index in [4.69, 9.17) is 0 Å². The van der Waals surface area contributed by atoms with E-state index in [-0.39, 0.29) is 0 Å². The summed E-state index contributed by atoms with van der Waals surface area (Å²) >= 11 is 0. The van der Waals surface area contributed by atoms with Gasteiger partial charge >= 0.3 is 0 Å². The van der Waals surface area contributed by atoms with Gasteiger partial charge in [0.25, 0.3) is 0 Å². The minimum absolute atomic E-state index is 0.620. The smallest absolute Gasteiger partial charge is 0.0998 e. The summed E-state index contributed by atoms with van der Waals surface area (Å²) < 4.78 is 0. The van der Waals surface area contributed by atoms with Crippen LogP contribution in [0.15, 0.2) is 43.0 Å². The molecular formula is C13H9N5. The maximum atomic E-state index is 9.24. The first-order valence-electron chi connectivity index (χ1n) is 5.41. The summed E-state index contributed by atoms with van der Waals surface area (Å²) in [6, 6.07) is 7.84. The van der Waals surface area contributed by atoms with Gasteiger partial charge < -0.3 is 0 Å². The Morgan fingerprint density at radius 1 is 1.00 bits per heavy atom. The summed E-state index contributed by atoms with van der Waals surface area (Å²) in [5.41, 5.74) is 4.29. The van der Waals surface area contributed by atoms with Gasteiger partial charge in [-0.05, 0) is 11.6 Å². The molecule has 0 saturated carbocycles. The molecule has 3 rings (SSSR count). The van der Waals surface area contributed by atoms with Crippen molar-refractivity contribution in [3.05, 3.63) is 48.5 Å². The lowest BCUT2D eigenvalue weighted by Crippen LogP contribution is -1.87. The summed E-state index contributed by atoms with van der Waals surface area (Å²) in [6.07, 6.45) is 7.03. The van der Waals surface area contributed by atoms with E-state index in [1.165, 1.54) is 0 Å². The van der Waals surface area contributed by atoms with Crippen LogP contribution in [0.4, 0.5) is 0 Å². The molecule has 5 nitrogen and oxygen atoms in total. The average molecular weight is 235 g/mol. The van der Waals surface area contributed by atoms with E-state index in [2.05, 4.69) is 26.5 Å². The zero-order valence-corrected chi connectivity index (χ0v) is 9.38. The van der Waals surface area contributed by atoms with Crippen molar-refractivity contribution in [2.75, 3.05) is 0 Å². The molecule has 86 valence electrons. The Morgan fingerprint density at radius 3 is 2.33 bits per heavy atom. The summed E-state index contributed by atoms with van der Waals surface area (Å²) in [5.74, 6) is 0. The quantitative estimate of drug-likeness (QED) is 0.715. The summed E-state index contributed by atoms with van der Waals surface area (Å²) in [7, 11) is 0. The van der Waals surface area contributed by atoms with Crippen molar-refractivity contribution in [1.29, 1.82) is 5.26 Å². The number of nitrogens with zero attached hydrogens (tertiary/aromatic N) is 3. The molecule has 0 saturated heterocycles. The van der Waals surface area contributed by atoms with Crippen molar-refractivity contribution in [3.63, 3.8) is 0 Å². The lowest BCUT2D eigenvalue weighted by atomic mass is 9.94. The van der Waals surface area contributed by atoms with E-state index in [1.807, 2.05) is 12.1 Å². The molecule has 5 heteroatoms. The van der Waals surface area contributed by atoms with Gasteiger partial charge in [-0.1, -0.05) is 12.1 Å². The third-order valence-corrected chi connectivity index (χ3v) is 2.78. The molecule has 2 aromatic heterocycles. The molecular weight excluding hydrogens is 226 g/mol. The van der Waals surface area contributed by atoms with Crippen molar-refractivity contribution in [3.8, 4) is 28.3 Å². The van der Waals surface area contributed by atoms with Crippen LogP contribution < -0.4 is 0 Å². The Balaban J connectivity index is 2.30. The molecule has 2 N–H and O–H groups in total. The van der Waals surface area contributed by atoms with Gasteiger partial charge in [0.15, 0.2) is 0 Å². The second-order valence-corrected chi connectivity index (χ2v) is 3.81. The van der Waals surface area contributed by atoms with Gasteiger partial charge in [0, 0.05) is 29.1 Å². The van der Waals surface area contributed by atoms with Crippen LogP contribution in [-0.4, -0.2) is 20.4 Å². The van der Waals surface area contributed by atoms with Crippen LogP contribution in [0, 0.1) is 11.3 Å². The SMILES string of the molecule is N#Cc1cccc(-c2cn[nH]c2)c1-c1cn[nH]c1. The Hall–Kier alpha value is -2.87. The van der Waals surface area contributed by atoms with E-state index >= 15 is 0 Å². The third-order valence-electron chi connectivity index (χ3n) is 2.78. The molecule has 0 aliphatic rings. The number of nitrogens with one attached hydrogen (secondary N) is 2. The molecule has 0 aliphatic carbocycles. The molecule has 0 atom stereocenters. The molecule has 0 fully saturated rings. The number of rotatable bonds is 2. The van der Waals surface area contributed by atoms with Crippen LogP contribution in [-0.2, 0) is 0 Å². The Morgan fingerprint density at radius 2 is 1.72 bits per heavy atom. The summed E-state index contributed by atoms with van der Waals surface area (Å²) in [5, 5.41) is 22.7. The van der Waals surface area contributed by atoms with Gasteiger partial charge in [0.05, 0.1) is 24.0 Å². The second-order valence-electron chi connectivity index (χ2n) is 3.81. The molecule has 18 heavy (non-hydrogen) atoms. The normalized spacial score (nSPS) is 10.2. The second kappa shape index (κ2) is 4.18. The lowest BCUT2D eigenvalue weighted by Gasteiger charge is -2.07. The number of nitriles is 1. The molecule has 0 radical (unpaired) electrons. The highest BCUT2D eigenvalue weighted by atomic mass is 15.1. The van der Waals surface area contributed by atoms with Crippen LogP contribution in [0.2, 0.25) is 0 Å². The highest BCUT2D eigenvalue weighted by Gasteiger charge is 2.13. The summed E-state index contributed by atoms with van der Waals surface area (Å²) in [4.78, 5) is 0. The predicted molar refractivity (Wildman–Crippen MR) is 66.3 cm³/mol. The Kier molecular flexibility index (Phi) is 2.39. The zero-order chi connectivity index (χ0) is 12.4. The first kappa shape index (κ1) is 10.3. The maximum absolute atomic E-state index is 9.24. The van der Waals surface area contributed by atoms with E-state index < -0.39 is 0 Å². The van der Waals surface area contributed by atoms with E-state index in [0.717, 1.165) is 22.3 Å². The average Bonchev–Trinajstić information content (AvgIpc) is 3.10. The molecule has 2 heterocycles. The fourth-order valence-corrected chi connectivity index (χ4v) is 1.98. The number of H-pyrrole nitrogens is 2. The van der Waals surface area contributed by atoms with Crippen molar-refractivity contribution >= 4 is 0 Å². The molecule has 0 unspecified atom stereocenters. The van der Waals surface area contributed by atoms with E-state index in [1.54, 1.807) is 30.9 Å². The fourth-order valence-electron chi connectivity index (χ4n) is 1.98. The van der Waals surface area contributed by atoms with Crippen LogP contribution in [0.1, 0.15) is 5.56 Å². The topological polar surface area (TPSA) is 81.2 Å². The lowest BCUT2D eigenvalue weighted by molar-refractivity contribution is 1.09. The number of hydrogen-bond donors (Lipinski definition) is 2. The molecule has 1 aromatic carbocycles. The van der Waals surface area contributed by atoms with Gasteiger partial charge in [-0.25, -0.2) is 0 Å². The van der Waals surface area contributed by atoms with Crippen LogP contribution >= 0.6 is 0 Å². The molecule has 0 aliphatic heterocycles.